The number of nitrogens with one attached hydrogen (secondary N) is 1. The molecule has 0 radical (unpaired) electrons. The van der Waals surface area contributed by atoms with Gasteiger partial charge in [0, 0.05) is 5.54 Å². The summed E-state index contributed by atoms with van der Waals surface area (Å²) in [5, 5.41) is 13.1. The van der Waals surface area contributed by atoms with E-state index in [-0.39, 0.29) is 17.2 Å². The second-order valence-electron chi connectivity index (χ2n) is 9.06. The van der Waals surface area contributed by atoms with Crippen LogP contribution in [-0.4, -0.2) is 22.6 Å². The summed E-state index contributed by atoms with van der Waals surface area (Å²) in [6.45, 7) is 3.93. The molecule has 0 unspecified atom stereocenters. The molecule has 25 heavy (non-hydrogen) atoms. The molecule has 1 aromatic rings. The summed E-state index contributed by atoms with van der Waals surface area (Å²) in [4.78, 5) is 12.8. The topological polar surface area (TPSA) is 75.3 Å². The molecule has 5 rings (SSSR count). The molecule has 0 aliphatic heterocycles. The Hall–Kier alpha value is -1.55. The van der Waals surface area contributed by atoms with E-state index in [2.05, 4.69) is 5.32 Å². The zero-order valence-corrected chi connectivity index (χ0v) is 15.3. The van der Waals surface area contributed by atoms with Crippen LogP contribution in [0, 0.1) is 31.6 Å². The molecule has 4 aliphatic rings. The van der Waals surface area contributed by atoms with E-state index in [9.17, 15) is 9.90 Å². The van der Waals surface area contributed by atoms with Crippen molar-refractivity contribution >= 4 is 5.91 Å². The van der Waals surface area contributed by atoms with Crippen LogP contribution in [0.1, 0.15) is 55.2 Å². The van der Waals surface area contributed by atoms with Crippen LogP contribution in [0.5, 0.6) is 5.75 Å². The third-order valence-corrected chi connectivity index (χ3v) is 6.87. The van der Waals surface area contributed by atoms with Gasteiger partial charge in [-0.1, -0.05) is 0 Å². The molecule has 4 saturated carbocycles. The van der Waals surface area contributed by atoms with Gasteiger partial charge in [0.25, 0.3) is 0 Å². The molecule has 136 valence electrons. The fourth-order valence-electron chi connectivity index (χ4n) is 6.22. The number of nitrogens with two attached hydrogens (primary N) is 1. The van der Waals surface area contributed by atoms with Crippen molar-refractivity contribution in [3.63, 3.8) is 0 Å². The minimum Gasteiger partial charge on any atom is -0.508 e. The molecule has 0 spiro atoms. The van der Waals surface area contributed by atoms with Crippen LogP contribution >= 0.6 is 0 Å². The Bertz CT molecular complexity index is 639. The van der Waals surface area contributed by atoms with E-state index in [1.54, 1.807) is 12.1 Å². The molecule has 0 heterocycles. The summed E-state index contributed by atoms with van der Waals surface area (Å²) in [5.41, 5.74) is 9.36. The second-order valence-corrected chi connectivity index (χ2v) is 9.06. The summed E-state index contributed by atoms with van der Waals surface area (Å²) in [5.74, 6) is 2.69. The fourth-order valence-corrected chi connectivity index (χ4v) is 6.22. The Balaban J connectivity index is 1.45. The predicted octanol–water partition coefficient (Wildman–Crippen LogP) is 2.96. The lowest BCUT2D eigenvalue weighted by Crippen LogP contribution is -2.62. The molecule has 0 aromatic heterocycles. The normalized spacial score (nSPS) is 34.1. The zero-order chi connectivity index (χ0) is 17.8. The number of aromatic hydroxyl groups is 1. The molecule has 4 heteroatoms. The van der Waals surface area contributed by atoms with Crippen molar-refractivity contribution in [3.8, 4) is 5.75 Å². The van der Waals surface area contributed by atoms with Gasteiger partial charge in [0.15, 0.2) is 0 Å². The SMILES string of the molecule is Cc1cc(O)cc(C)c1C[C@H](N)C(=O)NC12CC3CC(CC(C3)C1)C2. The van der Waals surface area contributed by atoms with Crippen LogP contribution in [0.3, 0.4) is 0 Å². The van der Waals surface area contributed by atoms with Crippen molar-refractivity contribution in [3.05, 3.63) is 28.8 Å². The van der Waals surface area contributed by atoms with E-state index in [0.717, 1.165) is 53.7 Å². The molecule has 4 N–H and O–H groups in total. The number of amides is 1. The first-order valence-corrected chi connectivity index (χ1v) is 9.70. The Morgan fingerprint density at radius 2 is 1.64 bits per heavy atom. The van der Waals surface area contributed by atoms with Gasteiger partial charge in [-0.15, -0.1) is 0 Å². The number of aryl methyl sites for hydroxylation is 2. The first-order valence-electron chi connectivity index (χ1n) is 9.70. The van der Waals surface area contributed by atoms with Crippen LogP contribution in [0.15, 0.2) is 12.1 Å². The van der Waals surface area contributed by atoms with Gasteiger partial charge in [-0.3, -0.25) is 4.79 Å². The van der Waals surface area contributed by atoms with Crippen molar-refractivity contribution in [1.82, 2.24) is 5.32 Å². The standard InChI is InChI=1S/C21H30N2O2/c1-12-3-17(24)4-13(2)18(12)8-19(22)20(25)23-21-9-14-5-15(10-21)7-16(6-14)11-21/h3-4,14-16,19,24H,5-11,22H2,1-2H3,(H,23,25)/t14?,15?,16?,19-,21?/m0/s1. The van der Waals surface area contributed by atoms with Crippen molar-refractivity contribution < 1.29 is 9.90 Å². The van der Waals surface area contributed by atoms with E-state index < -0.39 is 6.04 Å². The van der Waals surface area contributed by atoms with Gasteiger partial charge in [-0.05, 0) is 105 Å². The van der Waals surface area contributed by atoms with E-state index in [0.29, 0.717) is 6.42 Å². The smallest absolute Gasteiger partial charge is 0.237 e. The van der Waals surface area contributed by atoms with E-state index in [4.69, 9.17) is 5.73 Å². The maximum absolute atomic E-state index is 12.8. The van der Waals surface area contributed by atoms with E-state index in [1.807, 2.05) is 13.8 Å². The number of hydrogen-bond donors (Lipinski definition) is 3. The molecule has 1 aromatic carbocycles. The summed E-state index contributed by atoms with van der Waals surface area (Å²) < 4.78 is 0. The number of phenols is 1. The van der Waals surface area contributed by atoms with E-state index in [1.165, 1.54) is 19.3 Å². The number of benzene rings is 1. The third-order valence-electron chi connectivity index (χ3n) is 6.87. The molecule has 4 bridgehead atoms. The van der Waals surface area contributed by atoms with Gasteiger partial charge in [-0.2, -0.15) is 0 Å². The number of rotatable bonds is 4. The van der Waals surface area contributed by atoms with Gasteiger partial charge < -0.3 is 16.2 Å². The van der Waals surface area contributed by atoms with Crippen LogP contribution in [0.2, 0.25) is 0 Å². The maximum atomic E-state index is 12.8. The van der Waals surface area contributed by atoms with Gasteiger partial charge in [-0.25, -0.2) is 0 Å². The molecule has 1 atom stereocenters. The quantitative estimate of drug-likeness (QED) is 0.787. The average molecular weight is 342 g/mol. The Labute approximate surface area is 150 Å². The van der Waals surface area contributed by atoms with Crippen molar-refractivity contribution in [2.24, 2.45) is 23.5 Å². The number of hydrogen-bond acceptors (Lipinski definition) is 3. The molecule has 4 aliphatic carbocycles. The third kappa shape index (κ3) is 3.17. The Kier molecular flexibility index (Phi) is 4.06. The minimum absolute atomic E-state index is 0.00572. The fraction of sp³-hybridized carbons (Fsp3) is 0.667. The lowest BCUT2D eigenvalue weighted by molar-refractivity contribution is -0.128. The first kappa shape index (κ1) is 16.9. The Morgan fingerprint density at radius 3 is 2.12 bits per heavy atom. The number of carbonyl (C=O) groups excluding carboxylic acids is 1. The highest BCUT2D eigenvalue weighted by Gasteiger charge is 2.51. The lowest BCUT2D eigenvalue weighted by Gasteiger charge is -2.57. The molecule has 0 saturated heterocycles. The maximum Gasteiger partial charge on any atom is 0.237 e. The van der Waals surface area contributed by atoms with Crippen molar-refractivity contribution in [2.45, 2.75) is 70.4 Å². The molecule has 4 nitrogen and oxygen atoms in total. The van der Waals surface area contributed by atoms with Gasteiger partial charge in [0.1, 0.15) is 5.75 Å². The highest BCUT2D eigenvalue weighted by atomic mass is 16.3. The molecular formula is C21H30N2O2. The zero-order valence-electron chi connectivity index (χ0n) is 15.3. The van der Waals surface area contributed by atoms with Gasteiger partial charge in [0.05, 0.1) is 6.04 Å². The van der Waals surface area contributed by atoms with Gasteiger partial charge >= 0.3 is 0 Å². The second kappa shape index (κ2) is 6.01. The summed E-state index contributed by atoms with van der Waals surface area (Å²) in [6, 6.07) is 2.95. The average Bonchev–Trinajstić information content (AvgIpc) is 2.48. The van der Waals surface area contributed by atoms with Crippen LogP contribution in [0.4, 0.5) is 0 Å². The van der Waals surface area contributed by atoms with Gasteiger partial charge in [0.2, 0.25) is 5.91 Å². The summed E-state index contributed by atoms with van der Waals surface area (Å²) in [7, 11) is 0. The van der Waals surface area contributed by atoms with Crippen LogP contribution < -0.4 is 11.1 Å². The van der Waals surface area contributed by atoms with Crippen molar-refractivity contribution in [1.29, 1.82) is 0 Å². The molecular weight excluding hydrogens is 312 g/mol. The summed E-state index contributed by atoms with van der Waals surface area (Å²) in [6.07, 6.45) is 8.07. The van der Waals surface area contributed by atoms with Crippen LogP contribution in [-0.2, 0) is 11.2 Å². The highest BCUT2D eigenvalue weighted by molar-refractivity contribution is 5.82. The van der Waals surface area contributed by atoms with E-state index >= 15 is 0 Å². The summed E-state index contributed by atoms with van der Waals surface area (Å²) >= 11 is 0. The van der Waals surface area contributed by atoms with Crippen molar-refractivity contribution in [2.75, 3.05) is 0 Å². The first-order chi connectivity index (χ1) is 11.8. The predicted molar refractivity (Wildman–Crippen MR) is 98.3 cm³/mol. The highest BCUT2D eigenvalue weighted by Crippen LogP contribution is 2.55. The number of carbonyl (C=O) groups is 1. The minimum atomic E-state index is -0.532. The number of phenolic OH excluding ortho intramolecular Hbond substituents is 1. The Morgan fingerprint density at radius 1 is 1.16 bits per heavy atom. The largest absolute Gasteiger partial charge is 0.508 e. The monoisotopic (exact) mass is 342 g/mol. The lowest BCUT2D eigenvalue weighted by atomic mass is 9.53. The van der Waals surface area contributed by atoms with Crippen LogP contribution in [0.25, 0.3) is 0 Å². The molecule has 4 fully saturated rings. The molecule has 1 amide bonds.